The number of nitrogens with one attached hydrogen (secondary N) is 1. The molecule has 1 aromatic heterocycles. The van der Waals surface area contributed by atoms with Gasteiger partial charge in [0.15, 0.2) is 0 Å². The zero-order valence-electron chi connectivity index (χ0n) is 11.5. The first-order valence-electron chi connectivity index (χ1n) is 6.80. The van der Waals surface area contributed by atoms with Gasteiger partial charge in [0.05, 0.1) is 12.7 Å². The van der Waals surface area contributed by atoms with Crippen molar-refractivity contribution in [3.63, 3.8) is 0 Å². The molecule has 1 aliphatic heterocycles. The second-order valence-electron chi connectivity index (χ2n) is 4.45. The number of ether oxygens (including phenoxy) is 2. The Bertz CT molecular complexity index is 453. The quantitative estimate of drug-likeness (QED) is 0.790. The second-order valence-corrected chi connectivity index (χ2v) is 4.45. The minimum atomic E-state index is -0.144. The van der Waals surface area contributed by atoms with Crippen LogP contribution >= 0.6 is 0 Å². The summed E-state index contributed by atoms with van der Waals surface area (Å²) in [6.07, 6.45) is 8.59. The molecule has 108 valence electrons. The van der Waals surface area contributed by atoms with Crippen molar-refractivity contribution in [2.24, 2.45) is 0 Å². The third kappa shape index (κ3) is 4.62. The Morgan fingerprint density at radius 1 is 1.55 bits per heavy atom. The van der Waals surface area contributed by atoms with Gasteiger partial charge in [0.1, 0.15) is 0 Å². The molecule has 1 atom stereocenters. The molecule has 0 radical (unpaired) electrons. The van der Waals surface area contributed by atoms with Crippen LogP contribution in [-0.4, -0.2) is 41.7 Å². The zero-order chi connectivity index (χ0) is 14.2. The Balaban J connectivity index is 1.77. The van der Waals surface area contributed by atoms with Crippen molar-refractivity contribution in [2.45, 2.75) is 25.9 Å². The minimum Gasteiger partial charge on any atom is -0.464 e. The molecular formula is C14H19N3O3. The predicted molar refractivity (Wildman–Crippen MR) is 74.2 cm³/mol. The van der Waals surface area contributed by atoms with Gasteiger partial charge in [-0.1, -0.05) is 0 Å². The molecule has 0 aromatic carbocycles. The van der Waals surface area contributed by atoms with Crippen molar-refractivity contribution in [1.29, 1.82) is 0 Å². The third-order valence-electron chi connectivity index (χ3n) is 2.88. The maximum absolute atomic E-state index is 11.6. The molecule has 20 heavy (non-hydrogen) atoms. The van der Waals surface area contributed by atoms with E-state index in [1.165, 1.54) is 6.08 Å². The number of carbonyl (C=O) groups excluding carboxylic acids is 1. The molecule has 6 heteroatoms. The molecule has 6 nitrogen and oxygen atoms in total. The van der Waals surface area contributed by atoms with E-state index in [4.69, 9.17) is 9.47 Å². The van der Waals surface area contributed by atoms with Gasteiger partial charge in [-0.3, -0.25) is 4.79 Å². The van der Waals surface area contributed by atoms with E-state index >= 15 is 0 Å². The van der Waals surface area contributed by atoms with Gasteiger partial charge in [-0.15, -0.1) is 0 Å². The summed E-state index contributed by atoms with van der Waals surface area (Å²) in [6, 6.07) is 0.340. The molecule has 1 amide bonds. The fourth-order valence-corrected chi connectivity index (χ4v) is 1.87. The molecule has 1 aliphatic rings. The largest absolute Gasteiger partial charge is 0.464 e. The highest BCUT2D eigenvalue weighted by atomic mass is 16.5. The number of amides is 1. The fraction of sp³-hybridized carbons (Fsp3) is 0.500. The van der Waals surface area contributed by atoms with Gasteiger partial charge in [0, 0.05) is 37.2 Å². The van der Waals surface area contributed by atoms with Gasteiger partial charge in [-0.05, 0) is 25.8 Å². The van der Waals surface area contributed by atoms with Gasteiger partial charge in [0.25, 0.3) is 0 Å². The molecule has 0 saturated carbocycles. The smallest absolute Gasteiger partial charge is 0.316 e. The maximum atomic E-state index is 11.6. The molecule has 1 fully saturated rings. The highest BCUT2D eigenvalue weighted by Gasteiger charge is 2.15. The van der Waals surface area contributed by atoms with Gasteiger partial charge in [0.2, 0.25) is 5.91 Å². The van der Waals surface area contributed by atoms with E-state index in [1.807, 2.05) is 6.92 Å². The van der Waals surface area contributed by atoms with Crippen LogP contribution in [0.25, 0.3) is 6.08 Å². The van der Waals surface area contributed by atoms with E-state index in [0.717, 1.165) is 25.0 Å². The van der Waals surface area contributed by atoms with E-state index in [2.05, 4.69) is 15.3 Å². The third-order valence-corrected chi connectivity index (χ3v) is 2.88. The lowest BCUT2D eigenvalue weighted by Crippen LogP contribution is -2.30. The molecule has 1 aromatic rings. The Hall–Kier alpha value is -1.95. The van der Waals surface area contributed by atoms with E-state index in [1.54, 1.807) is 18.5 Å². The summed E-state index contributed by atoms with van der Waals surface area (Å²) in [4.78, 5) is 19.7. The summed E-state index contributed by atoms with van der Waals surface area (Å²) in [5, 5.41) is 2.81. The monoisotopic (exact) mass is 277 g/mol. The predicted octanol–water partition coefficient (Wildman–Crippen LogP) is 1.18. The number of hydrogen-bond donors (Lipinski definition) is 1. The van der Waals surface area contributed by atoms with Crippen LogP contribution in [-0.2, 0) is 9.53 Å². The Morgan fingerprint density at radius 2 is 2.35 bits per heavy atom. The lowest BCUT2D eigenvalue weighted by Gasteiger charge is -2.08. The number of carbonyl (C=O) groups is 1. The van der Waals surface area contributed by atoms with E-state index < -0.39 is 0 Å². The van der Waals surface area contributed by atoms with Crippen molar-refractivity contribution in [3.8, 4) is 6.01 Å². The highest BCUT2D eigenvalue weighted by Crippen LogP contribution is 2.10. The average Bonchev–Trinajstić information content (AvgIpc) is 2.98. The van der Waals surface area contributed by atoms with Gasteiger partial charge < -0.3 is 14.8 Å². The standard InChI is InChI=1S/C14H19N3O3/c1-2-19-14-16-8-11(9-17-14)5-6-13(18)15-10-12-4-3-7-20-12/h5-6,8-9,12H,2-4,7,10H2,1H3,(H,15,18)/b6-5+. The fourth-order valence-electron chi connectivity index (χ4n) is 1.87. The summed E-state index contributed by atoms with van der Waals surface area (Å²) in [5.74, 6) is -0.144. The molecule has 2 heterocycles. The van der Waals surface area contributed by atoms with Crippen LogP contribution in [0.1, 0.15) is 25.3 Å². The maximum Gasteiger partial charge on any atom is 0.316 e. The molecule has 2 rings (SSSR count). The van der Waals surface area contributed by atoms with Crippen molar-refractivity contribution < 1.29 is 14.3 Å². The van der Waals surface area contributed by atoms with E-state index in [-0.39, 0.29) is 12.0 Å². The molecule has 0 aliphatic carbocycles. The molecule has 0 bridgehead atoms. The van der Waals surface area contributed by atoms with Crippen LogP contribution in [0.15, 0.2) is 18.5 Å². The van der Waals surface area contributed by atoms with Crippen molar-refractivity contribution in [3.05, 3.63) is 24.0 Å². The summed E-state index contributed by atoms with van der Waals surface area (Å²) in [5.41, 5.74) is 0.751. The van der Waals surface area contributed by atoms with Gasteiger partial charge >= 0.3 is 6.01 Å². The van der Waals surface area contributed by atoms with Crippen LogP contribution in [0.5, 0.6) is 6.01 Å². The van der Waals surface area contributed by atoms with E-state index in [0.29, 0.717) is 19.2 Å². The van der Waals surface area contributed by atoms with Crippen LogP contribution in [0.4, 0.5) is 0 Å². The molecule has 0 spiro atoms. The summed E-state index contributed by atoms with van der Waals surface area (Å²) < 4.78 is 10.6. The molecule has 1 saturated heterocycles. The Morgan fingerprint density at radius 3 is 3.00 bits per heavy atom. The summed E-state index contributed by atoms with van der Waals surface area (Å²) in [7, 11) is 0. The Labute approximate surface area is 118 Å². The molecule has 1 unspecified atom stereocenters. The number of rotatable bonds is 6. The number of hydrogen-bond acceptors (Lipinski definition) is 5. The first-order valence-corrected chi connectivity index (χ1v) is 6.80. The summed E-state index contributed by atoms with van der Waals surface area (Å²) in [6.45, 7) is 3.75. The molecular weight excluding hydrogens is 258 g/mol. The average molecular weight is 277 g/mol. The first kappa shape index (κ1) is 14.5. The highest BCUT2D eigenvalue weighted by molar-refractivity contribution is 5.91. The molecule has 1 N–H and O–H groups in total. The normalized spacial score (nSPS) is 18.4. The van der Waals surface area contributed by atoms with Crippen LogP contribution in [0.2, 0.25) is 0 Å². The lowest BCUT2D eigenvalue weighted by molar-refractivity contribution is -0.116. The topological polar surface area (TPSA) is 73.3 Å². The van der Waals surface area contributed by atoms with Crippen LogP contribution < -0.4 is 10.1 Å². The van der Waals surface area contributed by atoms with Crippen molar-refractivity contribution >= 4 is 12.0 Å². The van der Waals surface area contributed by atoms with Gasteiger partial charge in [-0.25, -0.2) is 9.97 Å². The van der Waals surface area contributed by atoms with Gasteiger partial charge in [-0.2, -0.15) is 0 Å². The first-order chi connectivity index (χ1) is 9.78. The van der Waals surface area contributed by atoms with Crippen LogP contribution in [0.3, 0.4) is 0 Å². The van der Waals surface area contributed by atoms with E-state index in [9.17, 15) is 4.79 Å². The Kier molecular flexibility index (Phi) is 5.49. The number of nitrogens with zero attached hydrogens (tertiary/aromatic N) is 2. The van der Waals surface area contributed by atoms with Crippen molar-refractivity contribution in [2.75, 3.05) is 19.8 Å². The lowest BCUT2D eigenvalue weighted by atomic mass is 10.2. The second kappa shape index (κ2) is 7.59. The minimum absolute atomic E-state index is 0.144. The SMILES string of the molecule is CCOc1ncc(/C=C/C(=O)NCC2CCCO2)cn1. The van der Waals surface area contributed by atoms with Crippen LogP contribution in [0, 0.1) is 0 Å². The zero-order valence-corrected chi connectivity index (χ0v) is 11.5. The van der Waals surface area contributed by atoms with Crippen molar-refractivity contribution in [1.82, 2.24) is 15.3 Å². The summed E-state index contributed by atoms with van der Waals surface area (Å²) >= 11 is 0. The number of aromatic nitrogens is 2.